The number of aliphatic hydroxyl groups is 1. The lowest BCUT2D eigenvalue weighted by Gasteiger charge is -2.30. The first-order valence-electron chi connectivity index (χ1n) is 6.54. The molecule has 3 rings (SSSR count). The van der Waals surface area contributed by atoms with E-state index in [4.69, 9.17) is 0 Å². The van der Waals surface area contributed by atoms with Gasteiger partial charge in [0.15, 0.2) is 0 Å². The van der Waals surface area contributed by atoms with Gasteiger partial charge >= 0.3 is 0 Å². The van der Waals surface area contributed by atoms with Crippen molar-refractivity contribution < 1.29 is 18.6 Å². The van der Waals surface area contributed by atoms with Crippen LogP contribution in [0.25, 0.3) is 0 Å². The Kier molecular flexibility index (Phi) is 3.44. The van der Waals surface area contributed by atoms with Gasteiger partial charge in [0.1, 0.15) is 5.75 Å². The van der Waals surface area contributed by atoms with E-state index in [1.54, 1.807) is 30.3 Å². The number of nitrogens with one attached hydrogen (secondary N) is 1. The van der Waals surface area contributed by atoms with Gasteiger partial charge in [-0.1, -0.05) is 30.3 Å². The Balaban J connectivity index is 1.94. The number of rotatable bonds is 2. The molecule has 110 valence electrons. The summed E-state index contributed by atoms with van der Waals surface area (Å²) in [5.41, 5.74) is 1.25. The van der Waals surface area contributed by atoms with Gasteiger partial charge in [0.05, 0.1) is 17.0 Å². The van der Waals surface area contributed by atoms with Crippen LogP contribution < -0.4 is 4.72 Å². The molecule has 0 fully saturated rings. The third-order valence-electron chi connectivity index (χ3n) is 3.61. The van der Waals surface area contributed by atoms with E-state index in [-0.39, 0.29) is 10.6 Å². The van der Waals surface area contributed by atoms with Gasteiger partial charge < -0.3 is 10.2 Å². The number of aromatic hydroxyl groups is 1. The van der Waals surface area contributed by atoms with Crippen molar-refractivity contribution in [3.8, 4) is 5.75 Å². The maximum Gasteiger partial charge on any atom is 0.241 e. The quantitative estimate of drug-likeness (QED) is 0.781. The second-order valence-electron chi connectivity index (χ2n) is 5.08. The molecule has 1 aliphatic rings. The summed E-state index contributed by atoms with van der Waals surface area (Å²) in [6, 6.07) is 12.3. The standard InChI is InChI=1S/C15H15NO4S/c17-11-7-5-10(6-8-11)9-13-15(18)12-3-1-2-4-14(12)21(19,20)16-13/h1-8,13,15-18H,9H2/t13-,15+/m0/s1. The van der Waals surface area contributed by atoms with Crippen LogP contribution in [0.15, 0.2) is 53.4 Å². The van der Waals surface area contributed by atoms with Crippen LogP contribution in [0, 0.1) is 0 Å². The third kappa shape index (κ3) is 2.65. The maximum absolute atomic E-state index is 12.2. The molecule has 1 heterocycles. The summed E-state index contributed by atoms with van der Waals surface area (Å²) in [5.74, 6) is 0.147. The number of hydrogen-bond acceptors (Lipinski definition) is 4. The van der Waals surface area contributed by atoms with Crippen LogP contribution in [0.4, 0.5) is 0 Å². The van der Waals surface area contributed by atoms with Crippen molar-refractivity contribution in [1.82, 2.24) is 4.72 Å². The van der Waals surface area contributed by atoms with E-state index in [1.807, 2.05) is 0 Å². The molecule has 0 saturated carbocycles. The summed E-state index contributed by atoms with van der Waals surface area (Å²) in [4.78, 5) is 0.124. The van der Waals surface area contributed by atoms with Gasteiger partial charge in [-0.15, -0.1) is 0 Å². The SMILES string of the molecule is O=S1(=O)N[C@@H](Cc2ccc(O)cc2)[C@H](O)c2ccccc21. The number of sulfonamides is 1. The highest BCUT2D eigenvalue weighted by molar-refractivity contribution is 7.89. The van der Waals surface area contributed by atoms with Crippen LogP contribution in [0.3, 0.4) is 0 Å². The molecule has 2 aromatic carbocycles. The van der Waals surface area contributed by atoms with Crippen LogP contribution in [0.2, 0.25) is 0 Å². The average Bonchev–Trinajstić information content (AvgIpc) is 2.47. The van der Waals surface area contributed by atoms with Gasteiger partial charge in [-0.05, 0) is 30.2 Å². The van der Waals surface area contributed by atoms with E-state index in [0.29, 0.717) is 12.0 Å². The summed E-state index contributed by atoms with van der Waals surface area (Å²) in [5, 5.41) is 19.7. The molecule has 21 heavy (non-hydrogen) atoms. The summed E-state index contributed by atoms with van der Waals surface area (Å²) >= 11 is 0. The molecule has 0 aliphatic carbocycles. The van der Waals surface area contributed by atoms with Crippen LogP contribution in [0.1, 0.15) is 17.2 Å². The summed E-state index contributed by atoms with van der Waals surface area (Å²) in [7, 11) is -3.61. The van der Waals surface area contributed by atoms with Crippen LogP contribution >= 0.6 is 0 Å². The van der Waals surface area contributed by atoms with E-state index in [0.717, 1.165) is 5.56 Å². The van der Waals surface area contributed by atoms with Gasteiger partial charge in [0, 0.05) is 5.56 Å². The summed E-state index contributed by atoms with van der Waals surface area (Å²) in [6.07, 6.45) is -0.562. The third-order valence-corrected chi connectivity index (χ3v) is 5.17. The largest absolute Gasteiger partial charge is 0.508 e. The minimum Gasteiger partial charge on any atom is -0.508 e. The Morgan fingerprint density at radius 1 is 1.05 bits per heavy atom. The van der Waals surface area contributed by atoms with Gasteiger partial charge in [0.2, 0.25) is 10.0 Å². The second kappa shape index (κ2) is 5.14. The van der Waals surface area contributed by atoms with Crippen molar-refractivity contribution in [2.24, 2.45) is 0 Å². The molecule has 3 N–H and O–H groups in total. The van der Waals surface area contributed by atoms with E-state index < -0.39 is 22.2 Å². The molecule has 0 amide bonds. The van der Waals surface area contributed by atoms with Gasteiger partial charge in [-0.2, -0.15) is 0 Å². The van der Waals surface area contributed by atoms with Crippen LogP contribution in [-0.2, 0) is 16.4 Å². The molecule has 0 unspecified atom stereocenters. The second-order valence-corrected chi connectivity index (χ2v) is 6.76. The lowest BCUT2D eigenvalue weighted by molar-refractivity contribution is 0.131. The Morgan fingerprint density at radius 2 is 1.71 bits per heavy atom. The maximum atomic E-state index is 12.2. The highest BCUT2D eigenvalue weighted by atomic mass is 32.2. The predicted molar refractivity (Wildman–Crippen MR) is 77.3 cm³/mol. The molecule has 6 heteroatoms. The first-order valence-corrected chi connectivity index (χ1v) is 8.03. The minimum atomic E-state index is -3.61. The number of aliphatic hydroxyl groups excluding tert-OH is 1. The fraction of sp³-hybridized carbons (Fsp3) is 0.200. The fourth-order valence-electron chi connectivity index (χ4n) is 2.55. The van der Waals surface area contributed by atoms with Crippen molar-refractivity contribution in [2.45, 2.75) is 23.5 Å². The Bertz CT molecular complexity index is 755. The molecular weight excluding hydrogens is 290 g/mol. The fourth-order valence-corrected chi connectivity index (χ4v) is 4.05. The lowest BCUT2D eigenvalue weighted by Crippen LogP contribution is -2.45. The number of benzene rings is 2. The smallest absolute Gasteiger partial charge is 0.241 e. The van der Waals surface area contributed by atoms with Gasteiger partial charge in [-0.3, -0.25) is 0 Å². The Hall–Kier alpha value is -1.89. The van der Waals surface area contributed by atoms with E-state index in [2.05, 4.69) is 4.72 Å². The molecule has 2 aromatic rings. The van der Waals surface area contributed by atoms with Crippen molar-refractivity contribution in [3.63, 3.8) is 0 Å². The monoisotopic (exact) mass is 305 g/mol. The molecule has 2 atom stereocenters. The zero-order chi connectivity index (χ0) is 15.0. The van der Waals surface area contributed by atoms with Crippen LogP contribution in [0.5, 0.6) is 5.75 Å². The van der Waals surface area contributed by atoms with E-state index in [1.165, 1.54) is 18.2 Å². The number of phenols is 1. The number of hydrogen-bond donors (Lipinski definition) is 3. The molecule has 0 saturated heterocycles. The normalized spacial score (nSPS) is 23.5. The molecule has 5 nitrogen and oxygen atoms in total. The van der Waals surface area contributed by atoms with E-state index >= 15 is 0 Å². The van der Waals surface area contributed by atoms with Crippen molar-refractivity contribution in [1.29, 1.82) is 0 Å². The molecular formula is C15H15NO4S. The zero-order valence-corrected chi connectivity index (χ0v) is 11.9. The van der Waals surface area contributed by atoms with Crippen molar-refractivity contribution in [3.05, 3.63) is 59.7 Å². The van der Waals surface area contributed by atoms with Crippen LogP contribution in [-0.4, -0.2) is 24.7 Å². The van der Waals surface area contributed by atoms with Gasteiger partial charge in [-0.25, -0.2) is 13.1 Å². The van der Waals surface area contributed by atoms with Crippen molar-refractivity contribution >= 4 is 10.0 Å². The van der Waals surface area contributed by atoms with Crippen molar-refractivity contribution in [2.75, 3.05) is 0 Å². The molecule has 0 bridgehead atoms. The zero-order valence-electron chi connectivity index (χ0n) is 11.1. The Morgan fingerprint density at radius 3 is 2.43 bits per heavy atom. The topological polar surface area (TPSA) is 86.6 Å². The minimum absolute atomic E-state index is 0.124. The summed E-state index contributed by atoms with van der Waals surface area (Å²) < 4.78 is 26.9. The average molecular weight is 305 g/mol. The summed E-state index contributed by atoms with van der Waals surface area (Å²) in [6.45, 7) is 0. The first-order chi connectivity index (χ1) is 9.97. The van der Waals surface area contributed by atoms with E-state index in [9.17, 15) is 18.6 Å². The number of fused-ring (bicyclic) bond motifs is 1. The highest BCUT2D eigenvalue weighted by Gasteiger charge is 2.35. The Labute approximate surface area is 122 Å². The lowest BCUT2D eigenvalue weighted by atomic mass is 9.96. The number of phenolic OH excluding ortho intramolecular Hbond substituents is 1. The first kappa shape index (κ1) is 14.1. The molecule has 0 aromatic heterocycles. The van der Waals surface area contributed by atoms with Gasteiger partial charge in [0.25, 0.3) is 0 Å². The highest BCUT2D eigenvalue weighted by Crippen LogP contribution is 2.31. The molecule has 0 radical (unpaired) electrons. The molecule has 0 spiro atoms. The molecule has 1 aliphatic heterocycles. The predicted octanol–water partition coefficient (Wildman–Crippen LogP) is 1.33.